The Kier molecular flexibility index (Phi) is 8.48. The lowest BCUT2D eigenvalue weighted by atomic mass is 10.1. The van der Waals surface area contributed by atoms with Gasteiger partial charge in [-0.05, 0) is 49.2 Å². The molecule has 0 amide bonds. The Morgan fingerprint density at radius 3 is 2.67 bits per heavy atom. The van der Waals surface area contributed by atoms with Gasteiger partial charge in [-0.1, -0.05) is 24.6 Å². The van der Waals surface area contributed by atoms with E-state index in [0.29, 0.717) is 12.1 Å². The van der Waals surface area contributed by atoms with Crippen molar-refractivity contribution in [1.82, 2.24) is 19.3 Å². The highest BCUT2D eigenvalue weighted by molar-refractivity contribution is 8.93. The van der Waals surface area contributed by atoms with E-state index in [1.165, 1.54) is 23.8 Å². The molecule has 5 rings (SSSR count). The lowest BCUT2D eigenvalue weighted by Gasteiger charge is -2.12. The molecule has 188 valence electrons. The number of ether oxygens (including phenoxy) is 1. The fourth-order valence-corrected chi connectivity index (χ4v) is 5.24. The van der Waals surface area contributed by atoms with Crippen molar-refractivity contribution < 1.29 is 13.5 Å². The Morgan fingerprint density at radius 1 is 1.08 bits per heavy atom. The van der Waals surface area contributed by atoms with E-state index >= 15 is 0 Å². The van der Waals surface area contributed by atoms with Crippen LogP contribution in [-0.4, -0.2) is 25.9 Å². The van der Waals surface area contributed by atoms with Gasteiger partial charge >= 0.3 is 6.61 Å². The van der Waals surface area contributed by atoms with Gasteiger partial charge in [-0.15, -0.1) is 45.1 Å². The molecule has 0 spiro atoms. The van der Waals surface area contributed by atoms with Crippen LogP contribution in [0.3, 0.4) is 0 Å². The first kappa shape index (κ1) is 26.0. The summed E-state index contributed by atoms with van der Waals surface area (Å²) in [5.74, 6) is 2.07. The highest BCUT2D eigenvalue weighted by Gasteiger charge is 2.17. The average molecular weight is 574 g/mol. The molecule has 3 heterocycles. The van der Waals surface area contributed by atoms with Gasteiger partial charge in [0.05, 0.1) is 11.4 Å². The highest BCUT2D eigenvalue weighted by Crippen LogP contribution is 2.32. The van der Waals surface area contributed by atoms with Crippen molar-refractivity contribution >= 4 is 34.0 Å². The first-order chi connectivity index (χ1) is 17.1. The molecule has 6 nitrogen and oxygen atoms in total. The Balaban J connectivity index is 0.00000304. The third-order valence-electron chi connectivity index (χ3n) is 5.95. The van der Waals surface area contributed by atoms with Crippen molar-refractivity contribution in [2.45, 2.75) is 45.4 Å². The SMILES string of the molecule is Br.C=CCn1c(-c2ccccc2OC(F)F)csc1=Nc1ccc(-c2nnc3n2CCCCC3)cc1. The number of aromatic nitrogens is 4. The number of aryl methyl sites for hydroxylation is 1. The third kappa shape index (κ3) is 5.49. The van der Waals surface area contributed by atoms with Crippen LogP contribution in [0, 0.1) is 0 Å². The molecular formula is C26H26BrF2N5OS. The summed E-state index contributed by atoms with van der Waals surface area (Å²) in [6, 6.07) is 14.7. The van der Waals surface area contributed by atoms with E-state index in [1.807, 2.05) is 34.2 Å². The summed E-state index contributed by atoms with van der Waals surface area (Å²) >= 11 is 1.44. The van der Waals surface area contributed by atoms with Gasteiger partial charge in [0.15, 0.2) is 10.6 Å². The van der Waals surface area contributed by atoms with Gasteiger partial charge in [0.2, 0.25) is 0 Å². The molecule has 0 atom stereocenters. The summed E-state index contributed by atoms with van der Waals surface area (Å²) in [4.78, 5) is 5.56. The minimum Gasteiger partial charge on any atom is -0.434 e. The monoisotopic (exact) mass is 573 g/mol. The van der Waals surface area contributed by atoms with E-state index in [1.54, 1.807) is 24.3 Å². The van der Waals surface area contributed by atoms with Crippen molar-refractivity contribution in [1.29, 1.82) is 0 Å². The summed E-state index contributed by atoms with van der Waals surface area (Å²) in [5.41, 5.74) is 3.11. The number of allylic oxidation sites excluding steroid dienone is 1. The maximum atomic E-state index is 12.9. The molecule has 1 aliphatic rings. The van der Waals surface area contributed by atoms with Crippen molar-refractivity contribution in [2.24, 2.45) is 4.99 Å². The van der Waals surface area contributed by atoms with Crippen LogP contribution in [0.4, 0.5) is 14.5 Å². The standard InChI is InChI=1S/C26H25F2N5OS.BrH/c1-2-15-32-21(20-8-5-6-9-22(20)34-25(27)28)17-35-26(32)29-19-13-11-18(12-14-19)24-31-30-23-10-4-3-7-16-33(23)24;/h2,5-6,8-9,11-14,17,25H,1,3-4,7,10,15-16H2;1H. The van der Waals surface area contributed by atoms with Crippen LogP contribution < -0.4 is 9.54 Å². The van der Waals surface area contributed by atoms with E-state index in [4.69, 9.17) is 9.73 Å². The Hall–Kier alpha value is -3.11. The second-order valence-electron chi connectivity index (χ2n) is 8.24. The molecule has 0 unspecified atom stereocenters. The normalized spacial score (nSPS) is 13.7. The van der Waals surface area contributed by atoms with Gasteiger partial charge in [0.1, 0.15) is 11.6 Å². The second kappa shape index (κ2) is 11.7. The fourth-order valence-electron chi connectivity index (χ4n) is 4.31. The largest absolute Gasteiger partial charge is 0.434 e. The minimum absolute atomic E-state index is 0. The smallest absolute Gasteiger partial charge is 0.387 e. The van der Waals surface area contributed by atoms with Gasteiger partial charge in [0, 0.05) is 36.0 Å². The Labute approximate surface area is 222 Å². The molecule has 2 aromatic carbocycles. The zero-order valence-corrected chi connectivity index (χ0v) is 22.0. The van der Waals surface area contributed by atoms with Crippen LogP contribution in [0.25, 0.3) is 22.6 Å². The van der Waals surface area contributed by atoms with Crippen LogP contribution in [0.2, 0.25) is 0 Å². The van der Waals surface area contributed by atoms with Gasteiger partial charge in [-0.2, -0.15) is 8.78 Å². The number of benzene rings is 2. The summed E-state index contributed by atoms with van der Waals surface area (Å²) < 4.78 is 34.8. The molecule has 0 bridgehead atoms. The van der Waals surface area contributed by atoms with Crippen LogP contribution in [0.15, 0.2) is 71.6 Å². The zero-order valence-electron chi connectivity index (χ0n) is 19.5. The number of thiazole rings is 1. The maximum absolute atomic E-state index is 12.9. The molecule has 1 aliphatic heterocycles. The van der Waals surface area contributed by atoms with Crippen molar-refractivity contribution in [2.75, 3.05) is 0 Å². The quantitative estimate of drug-likeness (QED) is 0.228. The Bertz CT molecular complexity index is 1390. The summed E-state index contributed by atoms with van der Waals surface area (Å²) in [6.45, 7) is 2.37. The second-order valence-corrected chi connectivity index (χ2v) is 9.07. The minimum atomic E-state index is -2.90. The number of hydrogen-bond donors (Lipinski definition) is 0. The molecule has 0 fully saturated rings. The van der Waals surface area contributed by atoms with E-state index in [9.17, 15) is 8.78 Å². The lowest BCUT2D eigenvalue weighted by Crippen LogP contribution is -2.15. The van der Waals surface area contributed by atoms with E-state index in [2.05, 4.69) is 21.3 Å². The third-order valence-corrected chi connectivity index (χ3v) is 6.81. The fraction of sp³-hybridized carbons (Fsp3) is 0.269. The number of nitrogens with zero attached hydrogens (tertiary/aromatic N) is 5. The molecule has 0 radical (unpaired) electrons. The zero-order chi connectivity index (χ0) is 24.2. The van der Waals surface area contributed by atoms with Gasteiger partial charge in [-0.25, -0.2) is 4.99 Å². The number of rotatable bonds is 7. The summed E-state index contributed by atoms with van der Waals surface area (Å²) in [6.07, 6.45) is 6.23. The summed E-state index contributed by atoms with van der Waals surface area (Å²) in [5, 5.41) is 10.7. The number of fused-ring (bicyclic) bond motifs is 1. The first-order valence-corrected chi connectivity index (χ1v) is 12.4. The predicted octanol–water partition coefficient (Wildman–Crippen LogP) is 6.80. The van der Waals surface area contributed by atoms with E-state index < -0.39 is 6.61 Å². The molecular weight excluding hydrogens is 548 g/mol. The molecule has 2 aromatic heterocycles. The van der Waals surface area contributed by atoms with Crippen LogP contribution in [0.1, 0.15) is 25.1 Å². The predicted molar refractivity (Wildman–Crippen MR) is 143 cm³/mol. The van der Waals surface area contributed by atoms with Gasteiger partial charge < -0.3 is 13.9 Å². The van der Waals surface area contributed by atoms with Gasteiger partial charge in [-0.3, -0.25) is 0 Å². The van der Waals surface area contributed by atoms with Crippen molar-refractivity contribution in [3.05, 3.63) is 77.2 Å². The average Bonchev–Trinajstić information content (AvgIpc) is 3.36. The number of halogens is 3. The molecule has 0 saturated heterocycles. The van der Waals surface area contributed by atoms with Crippen molar-refractivity contribution in [3.8, 4) is 28.4 Å². The van der Waals surface area contributed by atoms with Gasteiger partial charge in [0.25, 0.3) is 0 Å². The van der Waals surface area contributed by atoms with Crippen LogP contribution in [0.5, 0.6) is 5.75 Å². The number of alkyl halides is 2. The molecule has 36 heavy (non-hydrogen) atoms. The number of para-hydroxylation sites is 1. The molecule has 10 heteroatoms. The topological polar surface area (TPSA) is 57.2 Å². The highest BCUT2D eigenvalue weighted by atomic mass is 79.9. The summed E-state index contributed by atoms with van der Waals surface area (Å²) in [7, 11) is 0. The molecule has 0 N–H and O–H groups in total. The Morgan fingerprint density at radius 2 is 1.89 bits per heavy atom. The van der Waals surface area contributed by atoms with Crippen molar-refractivity contribution in [3.63, 3.8) is 0 Å². The molecule has 0 saturated carbocycles. The number of hydrogen-bond acceptors (Lipinski definition) is 5. The van der Waals surface area contributed by atoms with Crippen LogP contribution in [-0.2, 0) is 19.5 Å². The maximum Gasteiger partial charge on any atom is 0.387 e. The molecule has 0 aliphatic carbocycles. The first-order valence-electron chi connectivity index (χ1n) is 11.5. The lowest BCUT2D eigenvalue weighted by molar-refractivity contribution is -0.0494. The van der Waals surface area contributed by atoms with Crippen LogP contribution >= 0.6 is 28.3 Å². The van der Waals surface area contributed by atoms with E-state index in [0.717, 1.165) is 59.2 Å². The van der Waals surface area contributed by atoms with E-state index in [-0.39, 0.29) is 22.7 Å². The molecule has 4 aromatic rings.